The third-order valence-electron chi connectivity index (χ3n) is 8.69. The number of thiophene rings is 1. The van der Waals surface area contributed by atoms with Gasteiger partial charge in [-0.05, 0) is 62.6 Å². The predicted molar refractivity (Wildman–Crippen MR) is 170 cm³/mol. The molecule has 240 valence electrons. The van der Waals surface area contributed by atoms with E-state index in [2.05, 4.69) is 15.2 Å². The van der Waals surface area contributed by atoms with Gasteiger partial charge in [-0.15, -0.1) is 11.3 Å². The monoisotopic (exact) mass is 658 g/mol. The zero-order chi connectivity index (χ0) is 31.7. The summed E-state index contributed by atoms with van der Waals surface area (Å²) in [5.41, 5.74) is 1.33. The number of piperidine rings is 1. The molecule has 1 atom stereocenters. The Hall–Kier alpha value is -3.20. The molecule has 1 amide bonds. The number of benzene rings is 2. The van der Waals surface area contributed by atoms with Crippen molar-refractivity contribution in [2.24, 2.45) is 0 Å². The van der Waals surface area contributed by atoms with Crippen molar-refractivity contribution in [2.45, 2.75) is 44.4 Å². The number of phenolic OH excluding ortho intramolecular Hbond substituents is 1. The predicted octanol–water partition coefficient (Wildman–Crippen LogP) is 4.32. The first-order chi connectivity index (χ1) is 21.6. The first-order valence-corrected chi connectivity index (χ1v) is 16.7. The summed E-state index contributed by atoms with van der Waals surface area (Å²) in [5.74, 6) is -1.76. The Morgan fingerprint density at radius 1 is 1.16 bits per heavy atom. The van der Waals surface area contributed by atoms with Crippen LogP contribution in [0.1, 0.15) is 50.2 Å². The van der Waals surface area contributed by atoms with Gasteiger partial charge in [-0.3, -0.25) is 14.5 Å². The van der Waals surface area contributed by atoms with Gasteiger partial charge in [0.1, 0.15) is 11.3 Å². The molecule has 2 aliphatic rings. The molecule has 0 aliphatic carbocycles. The van der Waals surface area contributed by atoms with Crippen molar-refractivity contribution in [3.05, 3.63) is 84.1 Å². The zero-order valence-electron chi connectivity index (χ0n) is 24.9. The van der Waals surface area contributed by atoms with Crippen molar-refractivity contribution in [1.29, 1.82) is 0 Å². The molecule has 2 aliphatic heterocycles. The van der Waals surface area contributed by atoms with Gasteiger partial charge in [0, 0.05) is 48.7 Å². The summed E-state index contributed by atoms with van der Waals surface area (Å²) in [7, 11) is 0. The number of hydrogen-bond donors (Lipinski definition) is 4. The number of fused-ring (bicyclic) bond motifs is 1. The van der Waals surface area contributed by atoms with Crippen LogP contribution in [-0.2, 0) is 17.7 Å². The molecule has 2 saturated heterocycles. The summed E-state index contributed by atoms with van der Waals surface area (Å²) in [4.78, 5) is 32.9. The van der Waals surface area contributed by atoms with Gasteiger partial charge >= 0.3 is 4.87 Å². The van der Waals surface area contributed by atoms with E-state index in [0.717, 1.165) is 21.1 Å². The third-order valence-corrected chi connectivity index (χ3v) is 10.6. The van der Waals surface area contributed by atoms with E-state index in [0.29, 0.717) is 85.5 Å². The lowest BCUT2D eigenvalue weighted by molar-refractivity contribution is -0.127. The number of ether oxygens (including phenoxy) is 1. The fraction of sp³-hybridized carbons (Fsp3) is 0.438. The molecule has 0 unspecified atom stereocenters. The minimum atomic E-state index is -0.930. The number of nitrogens with zero attached hydrogens (tertiary/aromatic N) is 2. The molecule has 6 rings (SSSR count). The van der Waals surface area contributed by atoms with E-state index >= 15 is 0 Å². The van der Waals surface area contributed by atoms with Gasteiger partial charge in [-0.25, -0.2) is 8.78 Å². The van der Waals surface area contributed by atoms with Crippen LogP contribution in [0.5, 0.6) is 5.75 Å². The second-order valence-corrected chi connectivity index (χ2v) is 14.1. The quantitative estimate of drug-likeness (QED) is 0.198. The first kappa shape index (κ1) is 31.8. The SMILES string of the molecule is Cc1ccc(C(=O)N2CCOC3(CCN(Cc4cc(CCNC[C@H](O)c5ccc(O)c6[nH]c(=O)sc56)cc(F)c4F)CC3)C2)s1. The molecule has 2 aromatic carbocycles. The van der Waals surface area contributed by atoms with Crippen LogP contribution < -0.4 is 10.2 Å². The topological polar surface area (TPSA) is 118 Å². The molecule has 0 saturated carbocycles. The highest BCUT2D eigenvalue weighted by Crippen LogP contribution is 2.33. The molecule has 1 spiro atoms. The number of aryl methyl sites for hydroxylation is 1. The normalized spacial score (nSPS) is 17.7. The van der Waals surface area contributed by atoms with Crippen molar-refractivity contribution in [2.75, 3.05) is 45.9 Å². The number of aliphatic hydroxyl groups excluding tert-OH is 1. The van der Waals surface area contributed by atoms with Crippen LogP contribution in [0.25, 0.3) is 10.2 Å². The van der Waals surface area contributed by atoms with Crippen molar-refractivity contribution in [3.63, 3.8) is 0 Å². The van der Waals surface area contributed by atoms with Gasteiger partial charge in [0.05, 0.1) is 34.4 Å². The van der Waals surface area contributed by atoms with Crippen LogP contribution in [0.15, 0.2) is 41.2 Å². The number of amides is 1. The maximum absolute atomic E-state index is 14.9. The summed E-state index contributed by atoms with van der Waals surface area (Å²) in [6, 6.07) is 9.75. The van der Waals surface area contributed by atoms with Gasteiger partial charge < -0.3 is 30.2 Å². The van der Waals surface area contributed by atoms with Crippen molar-refractivity contribution >= 4 is 38.8 Å². The Bertz CT molecular complexity index is 1750. The maximum Gasteiger partial charge on any atom is 0.305 e. The Kier molecular flexibility index (Phi) is 9.37. The summed E-state index contributed by atoms with van der Waals surface area (Å²) < 4.78 is 36.2. The highest BCUT2D eigenvalue weighted by Gasteiger charge is 2.41. The number of hydrogen-bond acceptors (Lipinski definition) is 9. The molecular weight excluding hydrogens is 623 g/mol. The van der Waals surface area contributed by atoms with Crippen molar-refractivity contribution in [3.8, 4) is 5.75 Å². The minimum absolute atomic E-state index is 0.0354. The lowest BCUT2D eigenvalue weighted by Gasteiger charge is -2.47. The van der Waals surface area contributed by atoms with Gasteiger partial charge in [0.2, 0.25) is 0 Å². The number of aliphatic hydroxyl groups is 1. The van der Waals surface area contributed by atoms with E-state index in [-0.39, 0.29) is 29.6 Å². The molecule has 2 aromatic heterocycles. The highest BCUT2D eigenvalue weighted by atomic mass is 32.1. The van der Waals surface area contributed by atoms with E-state index in [4.69, 9.17) is 4.74 Å². The number of nitrogens with one attached hydrogen (secondary N) is 2. The number of carbonyl (C=O) groups is 1. The molecule has 13 heteroatoms. The number of carbonyl (C=O) groups excluding carboxylic acids is 1. The Morgan fingerprint density at radius 3 is 2.71 bits per heavy atom. The van der Waals surface area contributed by atoms with Crippen LogP contribution >= 0.6 is 22.7 Å². The lowest BCUT2D eigenvalue weighted by Crippen LogP contribution is -2.57. The van der Waals surface area contributed by atoms with E-state index in [1.165, 1.54) is 23.5 Å². The van der Waals surface area contributed by atoms with E-state index < -0.39 is 23.3 Å². The van der Waals surface area contributed by atoms with Gasteiger partial charge in [0.25, 0.3) is 5.91 Å². The van der Waals surface area contributed by atoms with Crippen molar-refractivity contribution < 1.29 is 28.5 Å². The summed E-state index contributed by atoms with van der Waals surface area (Å²) in [6.07, 6.45) is 0.886. The fourth-order valence-corrected chi connectivity index (χ4v) is 7.99. The number of H-pyrrole nitrogens is 1. The lowest BCUT2D eigenvalue weighted by atomic mass is 9.89. The van der Waals surface area contributed by atoms with E-state index in [9.17, 15) is 28.6 Å². The molecule has 4 N–H and O–H groups in total. The van der Waals surface area contributed by atoms with Crippen LogP contribution in [-0.4, -0.2) is 82.4 Å². The Balaban J connectivity index is 1.02. The molecule has 4 aromatic rings. The fourth-order valence-electron chi connectivity index (χ4n) is 6.24. The molecule has 0 bridgehead atoms. The number of aromatic hydroxyl groups is 1. The number of thiazole rings is 1. The van der Waals surface area contributed by atoms with Crippen LogP contribution in [0.2, 0.25) is 0 Å². The van der Waals surface area contributed by atoms with Crippen LogP contribution in [0.4, 0.5) is 8.78 Å². The molecular formula is C32H36F2N4O5S2. The molecule has 4 heterocycles. The Morgan fingerprint density at radius 2 is 1.96 bits per heavy atom. The summed E-state index contributed by atoms with van der Waals surface area (Å²) in [5, 5.41) is 23.8. The van der Waals surface area contributed by atoms with E-state index in [1.807, 2.05) is 24.0 Å². The number of aromatic nitrogens is 1. The van der Waals surface area contributed by atoms with Gasteiger partial charge in [-0.1, -0.05) is 23.5 Å². The van der Waals surface area contributed by atoms with Crippen molar-refractivity contribution in [1.82, 2.24) is 20.1 Å². The van der Waals surface area contributed by atoms with Crippen LogP contribution in [0.3, 0.4) is 0 Å². The largest absolute Gasteiger partial charge is 0.506 e. The zero-order valence-corrected chi connectivity index (χ0v) is 26.5. The standard InChI is InChI=1S/C32H36F2N4O5S2/c1-19-2-5-26(44-19)30(41)38-12-13-43-32(18-38)7-10-37(11-8-32)17-21-14-20(15-23(33)27(21)34)6-9-35-16-25(40)22-3-4-24(39)28-29(22)45-31(42)36-28/h2-5,14-15,25,35,39-40H,6-13,16-18H2,1H3,(H,36,42)/t25-/m0/s1. The summed E-state index contributed by atoms with van der Waals surface area (Å²) >= 11 is 2.42. The van der Waals surface area contributed by atoms with Crippen LogP contribution in [0, 0.1) is 18.6 Å². The maximum atomic E-state index is 14.9. The third kappa shape index (κ3) is 6.98. The molecule has 2 fully saturated rings. The number of aromatic amines is 1. The summed E-state index contributed by atoms with van der Waals surface area (Å²) in [6.45, 7) is 5.70. The molecule has 0 radical (unpaired) electrons. The number of morpholine rings is 1. The number of phenols is 1. The highest BCUT2D eigenvalue weighted by molar-refractivity contribution is 7.16. The number of rotatable bonds is 9. The number of likely N-dealkylation sites (tertiary alicyclic amines) is 1. The Labute approximate surface area is 267 Å². The minimum Gasteiger partial charge on any atom is -0.506 e. The first-order valence-electron chi connectivity index (χ1n) is 15.0. The average molecular weight is 659 g/mol. The van der Waals surface area contributed by atoms with E-state index in [1.54, 1.807) is 12.1 Å². The second kappa shape index (κ2) is 13.3. The van der Waals surface area contributed by atoms with Gasteiger partial charge in [-0.2, -0.15) is 0 Å². The molecule has 45 heavy (non-hydrogen) atoms. The second-order valence-electron chi connectivity index (χ2n) is 11.9. The molecule has 9 nitrogen and oxygen atoms in total. The van der Waals surface area contributed by atoms with Gasteiger partial charge in [0.15, 0.2) is 11.6 Å². The number of halogens is 2. The average Bonchev–Trinajstić information content (AvgIpc) is 3.64. The smallest absolute Gasteiger partial charge is 0.305 e.